The average Bonchev–Trinajstić information content (AvgIpc) is 3.84. The summed E-state index contributed by atoms with van der Waals surface area (Å²) in [5.74, 6) is -0.260. The van der Waals surface area contributed by atoms with Gasteiger partial charge < -0.3 is 33.6 Å². The second-order valence-electron chi connectivity index (χ2n) is 15.4. The van der Waals surface area contributed by atoms with E-state index in [9.17, 15) is 19.4 Å². The summed E-state index contributed by atoms with van der Waals surface area (Å²) in [4.78, 5) is 25.2. The van der Waals surface area contributed by atoms with Gasteiger partial charge in [0.1, 0.15) is 13.2 Å². The lowest BCUT2D eigenvalue weighted by molar-refractivity contribution is -0.870. The van der Waals surface area contributed by atoms with E-state index in [2.05, 4.69) is 55.6 Å². The fourth-order valence-electron chi connectivity index (χ4n) is 5.71. The van der Waals surface area contributed by atoms with Crippen molar-refractivity contribution in [1.29, 1.82) is 0 Å². The molecule has 1 amide bonds. The van der Waals surface area contributed by atoms with Crippen LogP contribution in [0.3, 0.4) is 0 Å². The molecule has 10 heteroatoms. The van der Waals surface area contributed by atoms with Gasteiger partial charge in [0.15, 0.2) is 0 Å². The molecule has 1 rings (SSSR count). The Bertz CT molecular complexity index is 1060. The predicted molar refractivity (Wildman–Crippen MR) is 214 cm³/mol. The van der Waals surface area contributed by atoms with Gasteiger partial charge in [-0.05, 0) is 57.8 Å². The van der Waals surface area contributed by atoms with E-state index < -0.39 is 26.6 Å². The molecule has 3 unspecified atom stereocenters. The number of quaternary nitrogens is 1. The molecule has 5 atom stereocenters. The number of amides is 1. The number of carbonyl (C=O) groups is 1. The summed E-state index contributed by atoms with van der Waals surface area (Å²) in [5.41, 5.74) is 0. The van der Waals surface area contributed by atoms with Crippen LogP contribution in [0.5, 0.6) is 0 Å². The molecule has 1 heterocycles. The summed E-state index contributed by atoms with van der Waals surface area (Å²) in [6, 6.07) is -0.920. The molecule has 0 aromatic carbocycles. The first-order valence-electron chi connectivity index (χ1n) is 20.6. The van der Waals surface area contributed by atoms with Gasteiger partial charge in [0, 0.05) is 6.42 Å². The molecule has 0 aromatic rings. The summed E-state index contributed by atoms with van der Waals surface area (Å²) in [6.45, 7) is 4.52. The number of nitrogens with one attached hydrogen (secondary N) is 1. The van der Waals surface area contributed by atoms with Crippen LogP contribution in [-0.2, 0) is 23.1 Å². The number of aliphatic hydroxyl groups is 1. The third-order valence-corrected chi connectivity index (χ3v) is 10.1. The van der Waals surface area contributed by atoms with E-state index in [1.54, 1.807) is 6.08 Å². The Morgan fingerprint density at radius 1 is 0.769 bits per heavy atom. The van der Waals surface area contributed by atoms with Crippen LogP contribution in [-0.4, -0.2) is 80.8 Å². The smallest absolute Gasteiger partial charge is 0.268 e. The molecule has 9 nitrogen and oxygen atoms in total. The number of hydrogen-bond acceptors (Lipinski definition) is 7. The van der Waals surface area contributed by atoms with E-state index in [1.807, 2.05) is 27.2 Å². The summed E-state index contributed by atoms with van der Waals surface area (Å²) in [6.07, 6.45) is 38.9. The van der Waals surface area contributed by atoms with Gasteiger partial charge in [-0.3, -0.25) is 9.36 Å². The first-order valence-corrected chi connectivity index (χ1v) is 22.1. The standard InChI is InChI=1S/C42H77N2O7P/c1-6-8-10-12-14-16-17-18-20-21-23-27-31-39(45)38(37-50-52(47,48)49-36-35-44(3,4)5)43-42(46)34-30-26-25-29-33-41-40(51-41)32-28-24-22-19-15-13-11-9-7-2/h15,19,24-25,27-29,31,38-41,45H,6-14,16-18,20-23,26,30,32-37H2,1-5H3,(H-,43,46,47,48)/b19-15-,28-24-,29-25-,31-27+/t38-,39+,40?,41?/m0/s1. The molecule has 0 bridgehead atoms. The number of epoxide rings is 1. The summed E-state index contributed by atoms with van der Waals surface area (Å²) >= 11 is 0. The molecule has 302 valence electrons. The number of carbonyl (C=O) groups excluding carboxylic acids is 1. The van der Waals surface area contributed by atoms with E-state index in [-0.39, 0.29) is 25.0 Å². The van der Waals surface area contributed by atoms with Gasteiger partial charge in [0.2, 0.25) is 5.91 Å². The first kappa shape index (κ1) is 48.4. The highest BCUT2D eigenvalue weighted by atomic mass is 31.2. The van der Waals surface area contributed by atoms with Gasteiger partial charge in [-0.25, -0.2) is 0 Å². The van der Waals surface area contributed by atoms with Crippen LogP contribution >= 0.6 is 7.82 Å². The Labute approximate surface area is 318 Å². The summed E-state index contributed by atoms with van der Waals surface area (Å²) in [7, 11) is 1.21. The molecule has 0 aliphatic carbocycles. The minimum atomic E-state index is -4.60. The van der Waals surface area contributed by atoms with E-state index in [0.717, 1.165) is 44.9 Å². The maximum absolute atomic E-state index is 12.8. The summed E-state index contributed by atoms with van der Waals surface area (Å²) in [5, 5.41) is 13.7. The molecule has 0 saturated carbocycles. The number of rotatable bonds is 35. The minimum absolute atomic E-state index is 0.0160. The van der Waals surface area contributed by atoms with Crippen molar-refractivity contribution in [1.82, 2.24) is 5.32 Å². The zero-order valence-electron chi connectivity index (χ0n) is 33.7. The molecule has 1 aliphatic heterocycles. The Morgan fingerprint density at radius 2 is 1.29 bits per heavy atom. The molecule has 0 aromatic heterocycles. The maximum Gasteiger partial charge on any atom is 0.268 e. The van der Waals surface area contributed by atoms with Crippen LogP contribution in [0.25, 0.3) is 0 Å². The van der Waals surface area contributed by atoms with Crippen molar-refractivity contribution in [3.8, 4) is 0 Å². The highest BCUT2D eigenvalue weighted by Gasteiger charge is 2.36. The van der Waals surface area contributed by atoms with Crippen molar-refractivity contribution in [2.75, 3.05) is 40.9 Å². The van der Waals surface area contributed by atoms with Crippen molar-refractivity contribution in [3.05, 3.63) is 48.6 Å². The molecule has 1 fully saturated rings. The van der Waals surface area contributed by atoms with Gasteiger partial charge in [-0.2, -0.15) is 0 Å². The summed E-state index contributed by atoms with van der Waals surface area (Å²) < 4.78 is 28.9. The minimum Gasteiger partial charge on any atom is -0.756 e. The average molecular weight is 753 g/mol. The number of allylic oxidation sites excluding steroid dienone is 5. The lowest BCUT2D eigenvalue weighted by atomic mass is 10.1. The van der Waals surface area contributed by atoms with Gasteiger partial charge >= 0.3 is 0 Å². The fourth-order valence-corrected chi connectivity index (χ4v) is 6.44. The number of ether oxygens (including phenoxy) is 1. The Morgan fingerprint density at radius 3 is 1.94 bits per heavy atom. The highest BCUT2D eigenvalue weighted by Crippen LogP contribution is 2.38. The van der Waals surface area contributed by atoms with E-state index >= 15 is 0 Å². The van der Waals surface area contributed by atoms with Crippen molar-refractivity contribution >= 4 is 13.7 Å². The van der Waals surface area contributed by atoms with Gasteiger partial charge in [0.25, 0.3) is 7.82 Å². The zero-order chi connectivity index (χ0) is 38.3. The second-order valence-corrected chi connectivity index (χ2v) is 16.8. The van der Waals surface area contributed by atoms with Crippen molar-refractivity contribution < 1.29 is 37.6 Å². The zero-order valence-corrected chi connectivity index (χ0v) is 34.6. The van der Waals surface area contributed by atoms with Crippen molar-refractivity contribution in [2.24, 2.45) is 0 Å². The third kappa shape index (κ3) is 29.8. The largest absolute Gasteiger partial charge is 0.756 e. The normalized spacial score (nSPS) is 18.9. The van der Waals surface area contributed by atoms with Crippen molar-refractivity contribution in [3.63, 3.8) is 0 Å². The van der Waals surface area contributed by atoms with Crippen LogP contribution in [0.15, 0.2) is 48.6 Å². The lowest BCUT2D eigenvalue weighted by Gasteiger charge is -2.29. The van der Waals surface area contributed by atoms with Crippen LogP contribution in [0, 0.1) is 0 Å². The molecule has 52 heavy (non-hydrogen) atoms. The van der Waals surface area contributed by atoms with E-state index in [4.69, 9.17) is 13.8 Å². The Kier molecular flexibility index (Phi) is 28.6. The third-order valence-electron chi connectivity index (χ3n) is 9.19. The molecule has 0 radical (unpaired) electrons. The molecule has 1 aliphatic rings. The number of unbranched alkanes of at least 4 members (excludes halogenated alkanes) is 14. The van der Waals surface area contributed by atoms with Crippen molar-refractivity contribution in [2.45, 2.75) is 173 Å². The van der Waals surface area contributed by atoms with Crippen LogP contribution in [0.2, 0.25) is 0 Å². The molecule has 0 spiro atoms. The molecule has 2 N–H and O–H groups in total. The topological polar surface area (TPSA) is 120 Å². The number of phosphoric acid groups is 1. The predicted octanol–water partition coefficient (Wildman–Crippen LogP) is 9.26. The monoisotopic (exact) mass is 753 g/mol. The van der Waals surface area contributed by atoms with Crippen LogP contribution in [0.1, 0.15) is 149 Å². The Hall–Kier alpha value is -1.58. The SMILES string of the molecule is CCCCC/C=C\C/C=C\CC1OC1C/C=C\CCCC(=O)N[C@@H](COP(=O)([O-])OCC[N+](C)(C)C)[C@H](O)/C=C/CCCCCCCCCCCC. The Balaban J connectivity index is 2.41. The number of likely N-dealkylation sites (N-methyl/N-ethyl adjacent to an activating group) is 1. The quantitative estimate of drug-likeness (QED) is 0.0218. The van der Waals surface area contributed by atoms with Crippen LogP contribution in [0.4, 0.5) is 0 Å². The molecule has 1 saturated heterocycles. The number of aliphatic hydroxyl groups excluding tert-OH is 1. The number of nitrogens with zero attached hydrogens (tertiary/aromatic N) is 1. The van der Waals surface area contributed by atoms with Gasteiger partial charge in [-0.15, -0.1) is 0 Å². The first-order chi connectivity index (χ1) is 25.0. The number of phosphoric ester groups is 1. The van der Waals surface area contributed by atoms with Crippen LogP contribution < -0.4 is 10.2 Å². The van der Waals surface area contributed by atoms with E-state index in [1.165, 1.54) is 77.0 Å². The van der Waals surface area contributed by atoms with E-state index in [0.29, 0.717) is 23.6 Å². The van der Waals surface area contributed by atoms with Gasteiger partial charge in [0.05, 0.1) is 52.1 Å². The molecular weight excluding hydrogens is 675 g/mol. The van der Waals surface area contributed by atoms with Gasteiger partial charge in [-0.1, -0.05) is 133 Å². The maximum atomic E-state index is 12.8. The lowest BCUT2D eigenvalue weighted by Crippen LogP contribution is -2.45. The fraction of sp³-hybridized carbons (Fsp3) is 0.786. The molecular formula is C42H77N2O7P. The second kappa shape index (κ2) is 30.7. The number of hydrogen-bond donors (Lipinski definition) is 2. The highest BCUT2D eigenvalue weighted by molar-refractivity contribution is 7.45.